The zero-order valence-corrected chi connectivity index (χ0v) is 15.1. The zero-order valence-electron chi connectivity index (χ0n) is 15.1. The smallest absolute Gasteiger partial charge is 0.150 e. The minimum atomic E-state index is -0.885. The van der Waals surface area contributed by atoms with Crippen LogP contribution in [0.1, 0.15) is 34.3 Å². The highest BCUT2D eigenvalue weighted by Gasteiger charge is 2.22. The van der Waals surface area contributed by atoms with E-state index in [1.54, 1.807) is 25.3 Å². The Kier molecular flexibility index (Phi) is 4.40. The van der Waals surface area contributed by atoms with Crippen molar-refractivity contribution < 1.29 is 18.3 Å². The molecule has 3 aromatic rings. The fourth-order valence-corrected chi connectivity index (χ4v) is 3.48. The van der Waals surface area contributed by atoms with Crippen molar-refractivity contribution in [3.05, 3.63) is 76.4 Å². The van der Waals surface area contributed by atoms with E-state index in [-0.39, 0.29) is 22.3 Å². The second kappa shape index (κ2) is 6.90. The molecule has 1 aliphatic rings. The molecular formula is C23H15F2NO2. The molecule has 3 nitrogen and oxygen atoms in total. The third-order valence-electron chi connectivity index (χ3n) is 4.88. The summed E-state index contributed by atoms with van der Waals surface area (Å²) in [6.45, 7) is 0. The largest absolute Gasteiger partial charge is 0.496 e. The number of hydrogen-bond acceptors (Lipinski definition) is 3. The van der Waals surface area contributed by atoms with Crippen LogP contribution in [0.3, 0.4) is 0 Å². The second-order valence-corrected chi connectivity index (χ2v) is 6.65. The highest BCUT2D eigenvalue weighted by Crippen LogP contribution is 2.40. The van der Waals surface area contributed by atoms with Crippen molar-refractivity contribution in [3.8, 4) is 17.2 Å². The molecule has 3 aromatic carbocycles. The lowest BCUT2D eigenvalue weighted by atomic mass is 9.91. The third-order valence-corrected chi connectivity index (χ3v) is 4.88. The maximum atomic E-state index is 14.7. The van der Waals surface area contributed by atoms with Gasteiger partial charge < -0.3 is 4.74 Å². The summed E-state index contributed by atoms with van der Waals surface area (Å²) in [5.41, 5.74) is 1.89. The lowest BCUT2D eigenvalue weighted by Crippen LogP contribution is -1.98. The molecular weight excluding hydrogens is 360 g/mol. The van der Waals surface area contributed by atoms with Crippen molar-refractivity contribution in [1.29, 1.82) is 5.26 Å². The molecule has 4 rings (SSSR count). The Hall–Kier alpha value is -3.52. The van der Waals surface area contributed by atoms with Crippen molar-refractivity contribution in [1.82, 2.24) is 0 Å². The maximum absolute atomic E-state index is 14.7. The molecule has 0 N–H and O–H groups in total. The Morgan fingerprint density at radius 1 is 1.07 bits per heavy atom. The lowest BCUT2D eigenvalue weighted by molar-refractivity contribution is 0.112. The van der Waals surface area contributed by atoms with Crippen LogP contribution in [0.5, 0.6) is 0 Å². The number of ether oxygens (including phenoxy) is 1. The summed E-state index contributed by atoms with van der Waals surface area (Å²) in [5.74, 6) is -1.01. The first-order valence-electron chi connectivity index (χ1n) is 8.75. The lowest BCUT2D eigenvalue weighted by Gasteiger charge is -2.14. The van der Waals surface area contributed by atoms with Crippen LogP contribution in [0, 0.1) is 23.0 Å². The first-order chi connectivity index (χ1) is 13.6. The molecule has 138 valence electrons. The molecule has 0 atom stereocenters. The predicted octanol–water partition coefficient (Wildman–Crippen LogP) is 5.62. The fourth-order valence-electron chi connectivity index (χ4n) is 3.48. The number of rotatable bonds is 4. The summed E-state index contributed by atoms with van der Waals surface area (Å²) < 4.78 is 35.0. The topological polar surface area (TPSA) is 50.1 Å². The third kappa shape index (κ3) is 2.93. The molecule has 0 bridgehead atoms. The SMILES string of the molecule is COC(=C1CC1)c1ccc2ccc(C#N)c(-c3c(F)cc(C=O)cc3F)c2c1. The number of methoxy groups -OCH3 is 1. The van der Waals surface area contributed by atoms with Crippen LogP contribution in [-0.2, 0) is 4.74 Å². The number of hydrogen-bond donors (Lipinski definition) is 0. The van der Waals surface area contributed by atoms with Crippen molar-refractivity contribution in [3.63, 3.8) is 0 Å². The van der Waals surface area contributed by atoms with Crippen LogP contribution in [0.4, 0.5) is 8.78 Å². The summed E-state index contributed by atoms with van der Waals surface area (Å²) in [5, 5.41) is 10.8. The van der Waals surface area contributed by atoms with Crippen molar-refractivity contribution in [2.75, 3.05) is 7.11 Å². The van der Waals surface area contributed by atoms with Crippen LogP contribution < -0.4 is 0 Å². The molecule has 0 aliphatic heterocycles. The minimum Gasteiger partial charge on any atom is -0.496 e. The van der Waals surface area contributed by atoms with Gasteiger partial charge in [0, 0.05) is 16.7 Å². The van der Waals surface area contributed by atoms with E-state index in [4.69, 9.17) is 4.74 Å². The van der Waals surface area contributed by atoms with Gasteiger partial charge in [-0.05, 0) is 53.5 Å². The highest BCUT2D eigenvalue weighted by molar-refractivity contribution is 6.01. The van der Waals surface area contributed by atoms with Gasteiger partial charge in [0.05, 0.1) is 24.3 Å². The van der Waals surface area contributed by atoms with E-state index in [1.165, 1.54) is 5.57 Å². The molecule has 0 radical (unpaired) electrons. The van der Waals surface area contributed by atoms with E-state index in [9.17, 15) is 18.8 Å². The Labute approximate surface area is 160 Å². The molecule has 1 aliphatic carbocycles. The van der Waals surface area contributed by atoms with Gasteiger partial charge >= 0.3 is 0 Å². The summed E-state index contributed by atoms with van der Waals surface area (Å²) in [6, 6.07) is 12.8. The normalized spacial score (nSPS) is 12.6. The number of allylic oxidation sites excluding steroid dienone is 1. The van der Waals surface area contributed by atoms with Crippen LogP contribution in [-0.4, -0.2) is 13.4 Å². The molecule has 28 heavy (non-hydrogen) atoms. The van der Waals surface area contributed by atoms with E-state index in [1.807, 2.05) is 18.2 Å². The van der Waals surface area contributed by atoms with E-state index < -0.39 is 11.6 Å². The number of carbonyl (C=O) groups is 1. The first kappa shape index (κ1) is 17.9. The molecule has 1 fully saturated rings. The Morgan fingerprint density at radius 2 is 1.75 bits per heavy atom. The molecule has 0 aromatic heterocycles. The van der Waals surface area contributed by atoms with Gasteiger partial charge in [-0.25, -0.2) is 8.78 Å². The Balaban J connectivity index is 2.06. The van der Waals surface area contributed by atoms with Gasteiger partial charge in [0.15, 0.2) is 0 Å². The van der Waals surface area contributed by atoms with Gasteiger partial charge in [0.2, 0.25) is 0 Å². The number of halogens is 2. The number of aldehydes is 1. The standard InChI is InChI=1S/C23H15F2NO2/c1-28-23(15-4-5-15)16-6-2-14-3-7-17(11-26)21(18(14)10-16)22-19(24)8-13(12-27)9-20(22)25/h2-3,6-10,12H,4-5H2,1H3. The van der Waals surface area contributed by atoms with E-state index in [0.29, 0.717) is 11.7 Å². The number of nitrogens with zero attached hydrogens (tertiary/aromatic N) is 1. The van der Waals surface area contributed by atoms with Gasteiger partial charge in [-0.1, -0.05) is 18.2 Å². The molecule has 0 saturated heterocycles. The molecule has 1 saturated carbocycles. The minimum absolute atomic E-state index is 0.0988. The molecule has 5 heteroatoms. The van der Waals surface area contributed by atoms with Crippen molar-refractivity contribution in [2.24, 2.45) is 0 Å². The van der Waals surface area contributed by atoms with Gasteiger partial charge in [-0.3, -0.25) is 4.79 Å². The Bertz CT molecular complexity index is 1180. The highest BCUT2D eigenvalue weighted by atomic mass is 19.1. The van der Waals surface area contributed by atoms with Crippen LogP contribution in [0.15, 0.2) is 48.0 Å². The van der Waals surface area contributed by atoms with Gasteiger partial charge in [-0.15, -0.1) is 0 Å². The summed E-state index contributed by atoms with van der Waals surface area (Å²) in [7, 11) is 1.59. The average molecular weight is 375 g/mol. The first-order valence-corrected chi connectivity index (χ1v) is 8.75. The summed E-state index contributed by atoms with van der Waals surface area (Å²) >= 11 is 0. The monoisotopic (exact) mass is 375 g/mol. The van der Waals surface area contributed by atoms with Crippen molar-refractivity contribution in [2.45, 2.75) is 12.8 Å². The van der Waals surface area contributed by atoms with Crippen LogP contribution in [0.2, 0.25) is 0 Å². The van der Waals surface area contributed by atoms with Crippen molar-refractivity contribution >= 4 is 22.8 Å². The zero-order chi connectivity index (χ0) is 19.8. The van der Waals surface area contributed by atoms with E-state index in [0.717, 1.165) is 41.7 Å². The number of carbonyl (C=O) groups excluding carboxylic acids is 1. The number of nitriles is 1. The molecule has 0 amide bonds. The average Bonchev–Trinajstić information content (AvgIpc) is 3.53. The van der Waals surface area contributed by atoms with Gasteiger partial charge in [0.25, 0.3) is 0 Å². The molecule has 0 heterocycles. The quantitative estimate of drug-likeness (QED) is 0.439. The number of benzene rings is 3. The Morgan fingerprint density at radius 3 is 2.32 bits per heavy atom. The number of fused-ring (bicyclic) bond motifs is 1. The maximum Gasteiger partial charge on any atom is 0.150 e. The molecule has 0 spiro atoms. The van der Waals surface area contributed by atoms with Crippen LogP contribution >= 0.6 is 0 Å². The van der Waals surface area contributed by atoms with Gasteiger partial charge in [0.1, 0.15) is 23.7 Å². The summed E-state index contributed by atoms with van der Waals surface area (Å²) in [4.78, 5) is 10.9. The fraction of sp³-hybridized carbons (Fsp3) is 0.130. The van der Waals surface area contributed by atoms with E-state index >= 15 is 0 Å². The summed E-state index contributed by atoms with van der Waals surface area (Å²) in [6.07, 6.45) is 2.31. The second-order valence-electron chi connectivity index (χ2n) is 6.65. The predicted molar refractivity (Wildman–Crippen MR) is 103 cm³/mol. The van der Waals surface area contributed by atoms with Gasteiger partial charge in [-0.2, -0.15) is 5.26 Å². The van der Waals surface area contributed by atoms with E-state index in [2.05, 4.69) is 0 Å². The van der Waals surface area contributed by atoms with Crippen LogP contribution in [0.25, 0.3) is 27.7 Å². The molecule has 0 unspecified atom stereocenters.